The summed E-state index contributed by atoms with van der Waals surface area (Å²) in [5.74, 6) is 0. The van der Waals surface area contributed by atoms with Gasteiger partial charge in [-0.05, 0) is 88.3 Å². The highest BCUT2D eigenvalue weighted by Crippen LogP contribution is 2.44. The number of hydrogen-bond donors (Lipinski definition) is 0. The largest absolute Gasteiger partial charge is 0.456 e. The van der Waals surface area contributed by atoms with Crippen molar-refractivity contribution < 1.29 is 8.83 Å². The first kappa shape index (κ1) is 32.8. The molecule has 0 bridgehead atoms. The number of thiophene rings is 1. The fourth-order valence-corrected chi connectivity index (χ4v) is 9.59. The van der Waals surface area contributed by atoms with E-state index in [-0.39, 0.29) is 5.41 Å². The first-order valence-electron chi connectivity index (χ1n) is 19.2. The van der Waals surface area contributed by atoms with E-state index in [1.807, 2.05) is 23.5 Å². The number of nitrogens with zero attached hydrogens (tertiary/aromatic N) is 1. The molecule has 0 spiro atoms. The van der Waals surface area contributed by atoms with E-state index in [9.17, 15) is 0 Å². The van der Waals surface area contributed by atoms with Gasteiger partial charge in [0.1, 0.15) is 22.3 Å². The Morgan fingerprint density at radius 1 is 0.429 bits per heavy atom. The number of benzene rings is 8. The maximum absolute atomic E-state index is 6.53. The highest BCUT2D eigenvalue weighted by atomic mass is 32.1. The Bertz CT molecular complexity index is 3130. The molecule has 0 saturated heterocycles. The van der Waals surface area contributed by atoms with Crippen LogP contribution in [-0.2, 0) is 5.41 Å². The van der Waals surface area contributed by atoms with Gasteiger partial charge in [0.2, 0.25) is 0 Å². The van der Waals surface area contributed by atoms with E-state index in [4.69, 9.17) is 8.83 Å². The van der Waals surface area contributed by atoms with E-state index < -0.39 is 0 Å². The van der Waals surface area contributed by atoms with Crippen molar-refractivity contribution in [2.75, 3.05) is 4.90 Å². The standard InChI is InChI=1S/C52H37NO2S/c1-52(2,3)34-22-29-47-45(30-34)41-28-27-37(31-48(41)54-47)53(35-23-18-32(19-24-35)38-12-8-14-43-40-10-4-6-16-46(40)55-50(38)43)36-25-20-33(21-26-36)39-13-9-15-44-42-11-5-7-17-49(42)56-51(39)44/h4-31H,1-3H3. The number of furan rings is 2. The van der Waals surface area contributed by atoms with Crippen LogP contribution >= 0.6 is 11.3 Å². The fourth-order valence-electron chi connectivity index (χ4n) is 8.35. The summed E-state index contributed by atoms with van der Waals surface area (Å²) in [4.78, 5) is 2.32. The molecule has 8 aromatic carbocycles. The summed E-state index contributed by atoms with van der Waals surface area (Å²) in [5.41, 5.74) is 12.7. The monoisotopic (exact) mass is 739 g/mol. The predicted octanol–water partition coefficient (Wildman–Crippen LogP) is 16.0. The van der Waals surface area contributed by atoms with Crippen molar-refractivity contribution in [2.24, 2.45) is 0 Å². The molecule has 3 nitrogen and oxygen atoms in total. The zero-order chi connectivity index (χ0) is 37.5. The Labute approximate surface area is 328 Å². The molecule has 268 valence electrons. The molecule has 4 heteroatoms. The van der Waals surface area contributed by atoms with Crippen LogP contribution in [0.1, 0.15) is 26.3 Å². The van der Waals surface area contributed by atoms with Crippen molar-refractivity contribution >= 4 is 92.4 Å². The van der Waals surface area contributed by atoms with Crippen LogP contribution < -0.4 is 4.90 Å². The Morgan fingerprint density at radius 3 is 1.80 bits per heavy atom. The molecule has 3 heterocycles. The molecule has 3 aromatic heterocycles. The van der Waals surface area contributed by atoms with Gasteiger partial charge in [0.05, 0.1) is 0 Å². The second kappa shape index (κ2) is 12.5. The Balaban J connectivity index is 1.03. The van der Waals surface area contributed by atoms with E-state index in [1.165, 1.54) is 36.9 Å². The molecule has 11 rings (SSSR count). The molecule has 0 saturated carbocycles. The van der Waals surface area contributed by atoms with Gasteiger partial charge in [-0.1, -0.05) is 124 Å². The lowest BCUT2D eigenvalue weighted by atomic mass is 9.86. The number of anilines is 3. The van der Waals surface area contributed by atoms with E-state index in [0.717, 1.165) is 72.1 Å². The van der Waals surface area contributed by atoms with Crippen LogP contribution in [0.15, 0.2) is 179 Å². The molecule has 0 unspecified atom stereocenters. The maximum Gasteiger partial charge on any atom is 0.143 e. The van der Waals surface area contributed by atoms with Crippen molar-refractivity contribution in [3.05, 3.63) is 175 Å². The van der Waals surface area contributed by atoms with Crippen molar-refractivity contribution in [2.45, 2.75) is 26.2 Å². The summed E-state index contributed by atoms with van der Waals surface area (Å²) in [7, 11) is 0. The molecule has 11 aromatic rings. The van der Waals surface area contributed by atoms with Gasteiger partial charge in [0.25, 0.3) is 0 Å². The van der Waals surface area contributed by atoms with E-state index in [2.05, 4.69) is 183 Å². The minimum atomic E-state index is 0.0469. The van der Waals surface area contributed by atoms with Crippen molar-refractivity contribution in [1.29, 1.82) is 0 Å². The summed E-state index contributed by atoms with van der Waals surface area (Å²) < 4.78 is 15.6. The topological polar surface area (TPSA) is 29.5 Å². The molecule has 0 N–H and O–H groups in total. The van der Waals surface area contributed by atoms with Gasteiger partial charge in [-0.25, -0.2) is 0 Å². The zero-order valence-electron chi connectivity index (χ0n) is 31.3. The summed E-state index contributed by atoms with van der Waals surface area (Å²) >= 11 is 1.87. The number of para-hydroxylation sites is 2. The molecular weight excluding hydrogens is 703 g/mol. The van der Waals surface area contributed by atoms with Gasteiger partial charge in [-0.15, -0.1) is 11.3 Å². The molecule has 0 aliphatic rings. The van der Waals surface area contributed by atoms with Crippen molar-refractivity contribution in [3.8, 4) is 22.3 Å². The Morgan fingerprint density at radius 2 is 1.04 bits per heavy atom. The smallest absolute Gasteiger partial charge is 0.143 e. The third-order valence-electron chi connectivity index (χ3n) is 11.3. The van der Waals surface area contributed by atoms with E-state index in [1.54, 1.807) is 0 Å². The second-order valence-corrected chi connectivity index (χ2v) is 16.8. The average Bonchev–Trinajstić information content (AvgIpc) is 3.92. The number of fused-ring (bicyclic) bond motifs is 9. The predicted molar refractivity (Wildman–Crippen MR) is 238 cm³/mol. The van der Waals surface area contributed by atoms with Crippen LogP contribution in [0, 0.1) is 0 Å². The second-order valence-electron chi connectivity index (χ2n) is 15.7. The number of rotatable bonds is 5. The Hall–Kier alpha value is -6.62. The third kappa shape index (κ3) is 5.25. The molecule has 0 aliphatic carbocycles. The molecule has 0 amide bonds. The normalized spacial score (nSPS) is 12.2. The van der Waals surface area contributed by atoms with Gasteiger partial charge in [0, 0.05) is 70.4 Å². The summed E-state index contributed by atoms with van der Waals surface area (Å²) in [5, 5.41) is 7.15. The molecule has 0 fully saturated rings. The Kier molecular flexibility index (Phi) is 7.29. The van der Waals surface area contributed by atoms with Gasteiger partial charge >= 0.3 is 0 Å². The first-order valence-corrected chi connectivity index (χ1v) is 20.0. The van der Waals surface area contributed by atoms with E-state index in [0.29, 0.717) is 0 Å². The first-order chi connectivity index (χ1) is 27.4. The van der Waals surface area contributed by atoms with Crippen LogP contribution in [0.25, 0.3) is 86.3 Å². The summed E-state index contributed by atoms with van der Waals surface area (Å²) in [6, 6.07) is 61.0. The third-order valence-corrected chi connectivity index (χ3v) is 12.5. The van der Waals surface area contributed by atoms with Crippen LogP contribution in [0.3, 0.4) is 0 Å². The summed E-state index contributed by atoms with van der Waals surface area (Å²) in [6.45, 7) is 6.76. The van der Waals surface area contributed by atoms with Gasteiger partial charge < -0.3 is 13.7 Å². The highest BCUT2D eigenvalue weighted by Gasteiger charge is 2.20. The van der Waals surface area contributed by atoms with Crippen LogP contribution in [0.4, 0.5) is 17.1 Å². The van der Waals surface area contributed by atoms with Gasteiger partial charge in [0.15, 0.2) is 0 Å². The average molecular weight is 740 g/mol. The molecule has 56 heavy (non-hydrogen) atoms. The molecule has 0 atom stereocenters. The van der Waals surface area contributed by atoms with Crippen molar-refractivity contribution in [3.63, 3.8) is 0 Å². The summed E-state index contributed by atoms with van der Waals surface area (Å²) in [6.07, 6.45) is 0. The van der Waals surface area contributed by atoms with Crippen LogP contribution in [0.2, 0.25) is 0 Å². The van der Waals surface area contributed by atoms with Crippen LogP contribution in [-0.4, -0.2) is 0 Å². The minimum absolute atomic E-state index is 0.0469. The lowest BCUT2D eigenvalue weighted by Gasteiger charge is -2.26. The zero-order valence-corrected chi connectivity index (χ0v) is 32.2. The molecule has 0 aliphatic heterocycles. The van der Waals surface area contributed by atoms with Crippen molar-refractivity contribution in [1.82, 2.24) is 0 Å². The van der Waals surface area contributed by atoms with Gasteiger partial charge in [-0.3, -0.25) is 0 Å². The quantitative estimate of drug-likeness (QED) is 0.176. The lowest BCUT2D eigenvalue weighted by Crippen LogP contribution is -2.10. The van der Waals surface area contributed by atoms with E-state index >= 15 is 0 Å². The number of hydrogen-bond acceptors (Lipinski definition) is 4. The minimum Gasteiger partial charge on any atom is -0.456 e. The fraction of sp³-hybridized carbons (Fsp3) is 0.0769. The SMILES string of the molecule is CC(C)(C)c1ccc2oc3cc(N(c4ccc(-c5cccc6c5oc5ccccc56)cc4)c4ccc(-c5cccc6c5sc5ccccc56)cc4)ccc3c2c1. The molecular formula is C52H37NO2S. The lowest BCUT2D eigenvalue weighted by molar-refractivity contribution is 0.590. The highest BCUT2D eigenvalue weighted by molar-refractivity contribution is 7.26. The van der Waals surface area contributed by atoms with Gasteiger partial charge in [-0.2, -0.15) is 0 Å². The maximum atomic E-state index is 6.53. The molecule has 0 radical (unpaired) electrons. The van der Waals surface area contributed by atoms with Crippen LogP contribution in [0.5, 0.6) is 0 Å².